The number of nitrogens with zero attached hydrogens (tertiary/aromatic N) is 3. The fourth-order valence-electron chi connectivity index (χ4n) is 1.48. The molecule has 0 aliphatic heterocycles. The highest BCUT2D eigenvalue weighted by Gasteiger charge is 2.08. The molecule has 0 fully saturated rings. The lowest BCUT2D eigenvalue weighted by atomic mass is 10.3. The van der Waals surface area contributed by atoms with E-state index < -0.39 is 5.95 Å². The molecule has 2 aromatic heterocycles. The molecule has 0 bridgehead atoms. The Bertz CT molecular complexity index is 573. The minimum absolute atomic E-state index is 0.242. The second kappa shape index (κ2) is 5.47. The van der Waals surface area contributed by atoms with Gasteiger partial charge in [-0.25, -0.2) is 4.98 Å². The van der Waals surface area contributed by atoms with E-state index in [-0.39, 0.29) is 6.01 Å². The van der Waals surface area contributed by atoms with Gasteiger partial charge in [0.05, 0.1) is 18.5 Å². The molecule has 0 aromatic carbocycles. The average Bonchev–Trinajstić information content (AvgIpc) is 2.42. The third-order valence-electron chi connectivity index (χ3n) is 2.55. The first kappa shape index (κ1) is 13.0. The molecule has 2 aromatic rings. The number of rotatable bonds is 4. The number of aryl methyl sites for hydroxylation is 1. The normalized spacial score (nSPS) is 10.3. The largest absolute Gasteiger partial charge is 0.467 e. The zero-order chi connectivity index (χ0) is 13.8. The van der Waals surface area contributed by atoms with E-state index in [9.17, 15) is 4.39 Å². The summed E-state index contributed by atoms with van der Waals surface area (Å²) in [5.41, 5.74) is 7.78. The summed E-state index contributed by atoms with van der Waals surface area (Å²) in [7, 11) is 1.48. The van der Waals surface area contributed by atoms with E-state index >= 15 is 0 Å². The fraction of sp³-hybridized carbons (Fsp3) is 0.250. The zero-order valence-electron chi connectivity index (χ0n) is 10.6. The van der Waals surface area contributed by atoms with Crippen molar-refractivity contribution in [2.24, 2.45) is 0 Å². The molecule has 0 spiro atoms. The van der Waals surface area contributed by atoms with Crippen molar-refractivity contribution >= 4 is 11.5 Å². The quantitative estimate of drug-likeness (QED) is 0.813. The van der Waals surface area contributed by atoms with Crippen LogP contribution in [0.15, 0.2) is 18.3 Å². The first-order valence-electron chi connectivity index (χ1n) is 5.62. The Morgan fingerprint density at radius 2 is 2.16 bits per heavy atom. The van der Waals surface area contributed by atoms with Gasteiger partial charge < -0.3 is 15.8 Å². The number of hydrogen-bond donors (Lipinski definition) is 2. The van der Waals surface area contributed by atoms with E-state index in [4.69, 9.17) is 10.5 Å². The van der Waals surface area contributed by atoms with Crippen molar-refractivity contribution in [3.8, 4) is 6.01 Å². The monoisotopic (exact) mass is 263 g/mol. The molecule has 7 heteroatoms. The van der Waals surface area contributed by atoms with Crippen molar-refractivity contribution in [1.29, 1.82) is 0 Å². The topological polar surface area (TPSA) is 86.0 Å². The number of nitrogens with two attached hydrogens (primary N) is 1. The summed E-state index contributed by atoms with van der Waals surface area (Å²) in [6, 6.07) is 3.18. The minimum atomic E-state index is -0.511. The van der Waals surface area contributed by atoms with E-state index in [1.54, 1.807) is 13.0 Å². The summed E-state index contributed by atoms with van der Waals surface area (Å²) in [6.07, 6.45) is 1.45. The predicted molar refractivity (Wildman–Crippen MR) is 69.3 cm³/mol. The molecule has 0 aliphatic rings. The summed E-state index contributed by atoms with van der Waals surface area (Å²) in [4.78, 5) is 11.7. The van der Waals surface area contributed by atoms with Gasteiger partial charge in [-0.15, -0.1) is 0 Å². The van der Waals surface area contributed by atoms with E-state index in [2.05, 4.69) is 20.3 Å². The van der Waals surface area contributed by atoms with Crippen molar-refractivity contribution in [1.82, 2.24) is 15.0 Å². The Labute approximate surface area is 109 Å². The van der Waals surface area contributed by atoms with Gasteiger partial charge in [-0.3, -0.25) is 0 Å². The molecular weight excluding hydrogens is 249 g/mol. The molecule has 6 nitrogen and oxygen atoms in total. The second-order valence-corrected chi connectivity index (χ2v) is 3.90. The fourth-order valence-corrected chi connectivity index (χ4v) is 1.48. The molecule has 0 aliphatic carbocycles. The van der Waals surface area contributed by atoms with Crippen LogP contribution in [0.1, 0.15) is 11.3 Å². The highest BCUT2D eigenvalue weighted by molar-refractivity contribution is 5.64. The molecule has 3 N–H and O–H groups in total. The summed E-state index contributed by atoms with van der Waals surface area (Å²) < 4.78 is 17.7. The van der Waals surface area contributed by atoms with Crippen LogP contribution in [0.2, 0.25) is 0 Å². The molecule has 0 saturated heterocycles. The number of halogens is 1. The number of pyridine rings is 1. The molecule has 0 unspecified atom stereocenters. The standard InChI is InChI=1S/C12H14FN5O/c1-7-10(14)11(18-12(17-7)19-2)16-6-8-3-4-9(13)15-5-8/h3-5H,6,14H2,1-2H3,(H,16,17,18). The molecule has 19 heavy (non-hydrogen) atoms. The van der Waals surface area contributed by atoms with Crippen LogP contribution < -0.4 is 15.8 Å². The van der Waals surface area contributed by atoms with Crippen molar-refractivity contribution < 1.29 is 9.13 Å². The predicted octanol–water partition coefficient (Wildman–Crippen LogP) is 1.52. The third kappa shape index (κ3) is 3.06. The molecule has 2 heterocycles. The maximum Gasteiger partial charge on any atom is 0.318 e. The van der Waals surface area contributed by atoms with Gasteiger partial charge in [0, 0.05) is 12.7 Å². The minimum Gasteiger partial charge on any atom is -0.467 e. The van der Waals surface area contributed by atoms with Crippen molar-refractivity contribution in [3.05, 3.63) is 35.5 Å². The van der Waals surface area contributed by atoms with Gasteiger partial charge in [0.15, 0.2) is 5.82 Å². The van der Waals surface area contributed by atoms with E-state index in [1.807, 2.05) is 0 Å². The first-order valence-corrected chi connectivity index (χ1v) is 5.62. The molecule has 0 radical (unpaired) electrons. The van der Waals surface area contributed by atoms with Crippen molar-refractivity contribution in [2.75, 3.05) is 18.2 Å². The molecule has 100 valence electrons. The van der Waals surface area contributed by atoms with Crippen LogP contribution in [0.25, 0.3) is 0 Å². The van der Waals surface area contributed by atoms with E-state index in [0.29, 0.717) is 23.7 Å². The Hall–Kier alpha value is -2.44. The van der Waals surface area contributed by atoms with Gasteiger partial charge in [0.1, 0.15) is 0 Å². The number of hydrogen-bond acceptors (Lipinski definition) is 6. The number of nitrogen functional groups attached to an aromatic ring is 1. The number of aromatic nitrogens is 3. The third-order valence-corrected chi connectivity index (χ3v) is 2.55. The van der Waals surface area contributed by atoms with Gasteiger partial charge >= 0.3 is 6.01 Å². The molecular formula is C12H14FN5O. The molecule has 2 rings (SSSR count). The molecule has 0 saturated carbocycles. The highest BCUT2D eigenvalue weighted by Crippen LogP contribution is 2.21. The van der Waals surface area contributed by atoms with Crippen LogP contribution in [0.5, 0.6) is 6.01 Å². The Kier molecular flexibility index (Phi) is 3.74. The smallest absolute Gasteiger partial charge is 0.318 e. The van der Waals surface area contributed by atoms with Gasteiger partial charge in [-0.2, -0.15) is 14.4 Å². The number of ether oxygens (including phenoxy) is 1. The number of methoxy groups -OCH3 is 1. The summed E-state index contributed by atoms with van der Waals surface area (Å²) in [5, 5.41) is 3.05. The highest BCUT2D eigenvalue weighted by atomic mass is 19.1. The van der Waals surface area contributed by atoms with Gasteiger partial charge in [0.2, 0.25) is 5.95 Å². The lowest BCUT2D eigenvalue weighted by molar-refractivity contribution is 0.379. The molecule has 0 atom stereocenters. The Morgan fingerprint density at radius 3 is 2.79 bits per heavy atom. The van der Waals surface area contributed by atoms with Crippen LogP contribution in [-0.2, 0) is 6.54 Å². The van der Waals surface area contributed by atoms with Gasteiger partial charge in [-0.05, 0) is 18.6 Å². The average molecular weight is 263 g/mol. The van der Waals surface area contributed by atoms with Crippen LogP contribution in [0, 0.1) is 12.9 Å². The summed E-state index contributed by atoms with van der Waals surface area (Å²) >= 11 is 0. The Morgan fingerprint density at radius 1 is 1.37 bits per heavy atom. The van der Waals surface area contributed by atoms with Crippen LogP contribution in [0.3, 0.4) is 0 Å². The van der Waals surface area contributed by atoms with Gasteiger partial charge in [-0.1, -0.05) is 6.07 Å². The van der Waals surface area contributed by atoms with Crippen molar-refractivity contribution in [2.45, 2.75) is 13.5 Å². The first-order chi connectivity index (χ1) is 9.10. The van der Waals surface area contributed by atoms with E-state index in [1.165, 1.54) is 19.4 Å². The summed E-state index contributed by atoms with van der Waals surface area (Å²) in [5.74, 6) is -0.0310. The van der Waals surface area contributed by atoms with Crippen LogP contribution in [-0.4, -0.2) is 22.1 Å². The number of anilines is 2. The lowest BCUT2D eigenvalue weighted by Crippen LogP contribution is -2.08. The number of nitrogens with one attached hydrogen (secondary N) is 1. The lowest BCUT2D eigenvalue weighted by Gasteiger charge is -2.11. The zero-order valence-corrected chi connectivity index (χ0v) is 10.6. The maximum atomic E-state index is 12.7. The Balaban J connectivity index is 2.14. The maximum absolute atomic E-state index is 12.7. The van der Waals surface area contributed by atoms with Crippen LogP contribution in [0.4, 0.5) is 15.9 Å². The van der Waals surface area contributed by atoms with E-state index in [0.717, 1.165) is 5.56 Å². The van der Waals surface area contributed by atoms with Crippen molar-refractivity contribution in [3.63, 3.8) is 0 Å². The van der Waals surface area contributed by atoms with Crippen LogP contribution >= 0.6 is 0 Å². The SMILES string of the molecule is COc1nc(C)c(N)c(NCc2ccc(F)nc2)n1. The van der Waals surface area contributed by atoms with Gasteiger partial charge in [0.25, 0.3) is 0 Å². The summed E-state index contributed by atoms with van der Waals surface area (Å²) in [6.45, 7) is 2.20. The second-order valence-electron chi connectivity index (χ2n) is 3.90. The molecule has 0 amide bonds.